The lowest BCUT2D eigenvalue weighted by Crippen LogP contribution is -2.52. The summed E-state index contributed by atoms with van der Waals surface area (Å²) < 4.78 is 10.0. The molecule has 2 heterocycles. The third kappa shape index (κ3) is 8.09. The molecule has 0 fully saturated rings. The van der Waals surface area contributed by atoms with Crippen LogP contribution < -0.4 is 16.4 Å². The Bertz CT molecular complexity index is 1780. The van der Waals surface area contributed by atoms with E-state index in [1.165, 1.54) is 0 Å². The summed E-state index contributed by atoms with van der Waals surface area (Å²) in [5.74, 6) is -0.822. The number of hydrogen-bond acceptors (Lipinski definition) is 7. The van der Waals surface area contributed by atoms with E-state index in [9.17, 15) is 19.2 Å². The third-order valence-corrected chi connectivity index (χ3v) is 7.55. The summed E-state index contributed by atoms with van der Waals surface area (Å²) in [6.07, 6.45) is -0.293. The van der Waals surface area contributed by atoms with Crippen LogP contribution in [-0.4, -0.2) is 50.1 Å². The van der Waals surface area contributed by atoms with Crippen LogP contribution in [0.4, 0.5) is 4.79 Å². The first-order valence-corrected chi connectivity index (χ1v) is 15.2. The number of carbonyl (C=O) groups is 3. The Morgan fingerprint density at radius 2 is 1.59 bits per heavy atom. The molecule has 0 spiro atoms. The van der Waals surface area contributed by atoms with Gasteiger partial charge >= 0.3 is 11.8 Å². The first-order chi connectivity index (χ1) is 21.8. The van der Waals surface area contributed by atoms with Crippen molar-refractivity contribution in [1.29, 1.82) is 0 Å². The summed E-state index contributed by atoms with van der Waals surface area (Å²) in [7, 11) is 0. The van der Waals surface area contributed by atoms with E-state index >= 15 is 0 Å². The zero-order chi connectivity index (χ0) is 33.1. The number of aromatic nitrogens is 2. The molecule has 11 heteroatoms. The standard InChI is InChI=1S/C35H39N5O6/c1-34(2,3)45-33(44)38-35(4,5)19-29(41)36-28-18-24-10-6-7-11-25(24)21-40(31(28)42)20-22-14-16-23(17-15-22)26-12-8-9-13-27(26)30-37-32(43)46-39-30/h6-17,28H,18-21H2,1-5H3,(H,36,41)(H,38,44)(H,37,39,43). The molecule has 1 unspecified atom stereocenters. The van der Waals surface area contributed by atoms with Crippen LogP contribution in [-0.2, 0) is 33.8 Å². The molecule has 1 aliphatic heterocycles. The lowest BCUT2D eigenvalue weighted by molar-refractivity contribution is -0.137. The van der Waals surface area contributed by atoms with E-state index in [0.29, 0.717) is 25.3 Å². The molecule has 3 N–H and O–H groups in total. The first-order valence-electron chi connectivity index (χ1n) is 15.2. The highest BCUT2D eigenvalue weighted by Crippen LogP contribution is 2.30. The molecule has 46 heavy (non-hydrogen) atoms. The van der Waals surface area contributed by atoms with Gasteiger partial charge in [-0.05, 0) is 62.4 Å². The molecule has 1 atom stereocenters. The second-order valence-electron chi connectivity index (χ2n) is 13.2. The van der Waals surface area contributed by atoms with E-state index in [1.807, 2.05) is 72.8 Å². The number of hydrogen-bond donors (Lipinski definition) is 3. The quantitative estimate of drug-likeness (QED) is 0.251. The van der Waals surface area contributed by atoms with Crippen molar-refractivity contribution in [3.05, 3.63) is 100 Å². The van der Waals surface area contributed by atoms with Gasteiger partial charge in [0.2, 0.25) is 11.8 Å². The number of ether oxygens (including phenoxy) is 1. The van der Waals surface area contributed by atoms with Crippen LogP contribution in [0.1, 0.15) is 57.7 Å². The van der Waals surface area contributed by atoms with Crippen LogP contribution in [0.25, 0.3) is 22.5 Å². The van der Waals surface area contributed by atoms with E-state index in [4.69, 9.17) is 9.26 Å². The predicted octanol–water partition coefficient (Wildman–Crippen LogP) is 4.96. The molecule has 3 amide bonds. The monoisotopic (exact) mass is 625 g/mol. The van der Waals surface area contributed by atoms with Gasteiger partial charge in [0.1, 0.15) is 11.6 Å². The number of amides is 3. The molecular weight excluding hydrogens is 586 g/mol. The summed E-state index contributed by atoms with van der Waals surface area (Å²) in [4.78, 5) is 55.4. The number of benzene rings is 3. The van der Waals surface area contributed by atoms with Crippen LogP contribution in [0.15, 0.2) is 82.1 Å². The fraction of sp³-hybridized carbons (Fsp3) is 0.343. The van der Waals surface area contributed by atoms with Gasteiger partial charge in [0.05, 0.1) is 0 Å². The van der Waals surface area contributed by atoms with Gasteiger partial charge in [-0.15, -0.1) is 0 Å². The highest BCUT2D eigenvalue weighted by atomic mass is 16.6. The first kappa shape index (κ1) is 32.2. The second kappa shape index (κ2) is 13.0. The highest BCUT2D eigenvalue weighted by Gasteiger charge is 2.33. The molecule has 240 valence electrons. The zero-order valence-electron chi connectivity index (χ0n) is 26.7. The smallest absolute Gasteiger partial charge is 0.439 e. The number of aromatic amines is 1. The van der Waals surface area contributed by atoms with Crippen molar-refractivity contribution in [3.8, 4) is 22.5 Å². The maximum Gasteiger partial charge on any atom is 0.439 e. The van der Waals surface area contributed by atoms with Gasteiger partial charge < -0.3 is 20.3 Å². The number of H-pyrrole nitrogens is 1. The molecule has 0 radical (unpaired) electrons. The Kier molecular flexibility index (Phi) is 9.13. The zero-order valence-corrected chi connectivity index (χ0v) is 26.7. The average molecular weight is 626 g/mol. The molecule has 1 aliphatic rings. The van der Waals surface area contributed by atoms with Crippen molar-refractivity contribution in [1.82, 2.24) is 25.7 Å². The van der Waals surface area contributed by atoms with Gasteiger partial charge in [-0.2, -0.15) is 0 Å². The van der Waals surface area contributed by atoms with Crippen molar-refractivity contribution in [2.75, 3.05) is 0 Å². The molecule has 11 nitrogen and oxygen atoms in total. The predicted molar refractivity (Wildman–Crippen MR) is 172 cm³/mol. The van der Waals surface area contributed by atoms with E-state index < -0.39 is 29.0 Å². The highest BCUT2D eigenvalue weighted by molar-refractivity contribution is 5.89. The molecule has 0 bridgehead atoms. The Balaban J connectivity index is 1.31. The molecule has 5 rings (SSSR count). The molecule has 3 aromatic carbocycles. The average Bonchev–Trinajstić information content (AvgIpc) is 3.36. The van der Waals surface area contributed by atoms with E-state index in [1.54, 1.807) is 39.5 Å². The summed E-state index contributed by atoms with van der Waals surface area (Å²) >= 11 is 0. The van der Waals surface area contributed by atoms with Crippen molar-refractivity contribution in [3.63, 3.8) is 0 Å². The molecule has 0 saturated heterocycles. The Hall–Kier alpha value is -5.19. The molecular formula is C35H39N5O6. The molecule has 4 aromatic rings. The SMILES string of the molecule is CC(C)(CC(=O)NC1Cc2ccccc2CN(Cc2ccc(-c3ccccc3-c3noc(=O)[nH]3)cc2)C1=O)NC(=O)OC(C)(C)C. The summed E-state index contributed by atoms with van der Waals surface area (Å²) in [5.41, 5.74) is 3.85. The van der Waals surface area contributed by atoms with Gasteiger partial charge in [-0.25, -0.2) is 9.59 Å². The Morgan fingerprint density at radius 3 is 2.24 bits per heavy atom. The summed E-state index contributed by atoms with van der Waals surface area (Å²) in [6, 6.07) is 22.5. The topological polar surface area (TPSA) is 147 Å². The van der Waals surface area contributed by atoms with Gasteiger partial charge in [-0.3, -0.25) is 19.1 Å². The lowest BCUT2D eigenvalue weighted by atomic mass is 9.98. The number of fused-ring (bicyclic) bond motifs is 1. The third-order valence-electron chi connectivity index (χ3n) is 7.55. The number of alkyl carbamates (subject to hydrolysis) is 1. The van der Waals surface area contributed by atoms with Gasteiger partial charge in [0, 0.05) is 37.0 Å². The summed E-state index contributed by atoms with van der Waals surface area (Å²) in [5, 5.41) is 9.52. The van der Waals surface area contributed by atoms with Crippen molar-refractivity contribution in [2.24, 2.45) is 0 Å². The van der Waals surface area contributed by atoms with Gasteiger partial charge in [0.25, 0.3) is 0 Å². The second-order valence-corrected chi connectivity index (χ2v) is 13.2. The van der Waals surface area contributed by atoms with Crippen molar-refractivity contribution < 1.29 is 23.6 Å². The largest absolute Gasteiger partial charge is 0.444 e. The van der Waals surface area contributed by atoms with Gasteiger partial charge in [-0.1, -0.05) is 78.0 Å². The van der Waals surface area contributed by atoms with Crippen molar-refractivity contribution in [2.45, 2.75) is 77.7 Å². The van der Waals surface area contributed by atoms with Crippen molar-refractivity contribution >= 4 is 17.9 Å². The van der Waals surface area contributed by atoms with Crippen LogP contribution >= 0.6 is 0 Å². The van der Waals surface area contributed by atoms with E-state index in [-0.39, 0.29) is 18.2 Å². The number of rotatable bonds is 8. The molecule has 0 saturated carbocycles. The number of nitrogens with zero attached hydrogens (tertiary/aromatic N) is 2. The Morgan fingerprint density at radius 1 is 0.935 bits per heavy atom. The minimum absolute atomic E-state index is 0.0389. The maximum atomic E-state index is 13.9. The fourth-order valence-corrected chi connectivity index (χ4v) is 5.54. The maximum absolute atomic E-state index is 13.9. The minimum Gasteiger partial charge on any atom is -0.444 e. The molecule has 0 aliphatic carbocycles. The van der Waals surface area contributed by atoms with E-state index in [0.717, 1.165) is 33.4 Å². The number of nitrogens with one attached hydrogen (secondary N) is 3. The van der Waals surface area contributed by atoms with Gasteiger partial charge in [0.15, 0.2) is 5.82 Å². The lowest BCUT2D eigenvalue weighted by Gasteiger charge is -2.29. The minimum atomic E-state index is -0.902. The fourth-order valence-electron chi connectivity index (χ4n) is 5.54. The molecule has 1 aromatic heterocycles. The van der Waals surface area contributed by atoms with Crippen LogP contribution in [0.2, 0.25) is 0 Å². The van der Waals surface area contributed by atoms with E-state index in [2.05, 4.69) is 20.8 Å². The number of carbonyl (C=O) groups excluding carboxylic acids is 3. The van der Waals surface area contributed by atoms with Crippen LogP contribution in [0.5, 0.6) is 0 Å². The Labute approximate surface area is 267 Å². The van der Waals surface area contributed by atoms with Crippen LogP contribution in [0, 0.1) is 0 Å². The summed E-state index contributed by atoms with van der Waals surface area (Å²) in [6.45, 7) is 9.52. The van der Waals surface area contributed by atoms with Crippen LogP contribution in [0.3, 0.4) is 0 Å². The normalized spacial score (nSPS) is 15.1.